The fraction of sp³-hybridized carbons (Fsp3) is 0.667. The van der Waals surface area contributed by atoms with Crippen LogP contribution in [0.2, 0.25) is 0 Å². The maximum absolute atomic E-state index is 12.5. The molecule has 0 atom stereocenters. The zero-order chi connectivity index (χ0) is 14.0. The molecule has 0 saturated heterocycles. The van der Waals surface area contributed by atoms with Gasteiger partial charge in [0, 0.05) is 17.8 Å². The van der Waals surface area contributed by atoms with Crippen molar-refractivity contribution in [2.45, 2.75) is 51.5 Å². The molecule has 0 saturated carbocycles. The van der Waals surface area contributed by atoms with Gasteiger partial charge in [0.2, 0.25) is 0 Å². The lowest BCUT2D eigenvalue weighted by atomic mass is 10.1. The molecule has 0 spiro atoms. The van der Waals surface area contributed by atoms with Crippen LogP contribution in [0.4, 0.5) is 0 Å². The monoisotopic (exact) mass is 299 g/mol. The summed E-state index contributed by atoms with van der Waals surface area (Å²) in [5, 5.41) is 0. The number of aryl methyl sites for hydroxylation is 2. The maximum Gasteiger partial charge on any atom is 0.264 e. The molecule has 1 aliphatic rings. The summed E-state index contributed by atoms with van der Waals surface area (Å²) in [5.41, 5.74) is 1.09. The zero-order valence-electron chi connectivity index (χ0n) is 12.0. The molecule has 0 radical (unpaired) electrons. The van der Waals surface area contributed by atoms with Crippen molar-refractivity contribution in [3.63, 3.8) is 0 Å². The Balaban J connectivity index is 2.21. The van der Waals surface area contributed by atoms with Gasteiger partial charge in [-0.1, -0.05) is 6.42 Å². The summed E-state index contributed by atoms with van der Waals surface area (Å²) in [4.78, 5) is 16.6. The molecule has 0 aromatic carbocycles. The van der Waals surface area contributed by atoms with E-state index in [4.69, 9.17) is 11.6 Å². The molecule has 0 bridgehead atoms. The molecule has 0 aliphatic heterocycles. The Morgan fingerprint density at radius 1 is 1.37 bits per heavy atom. The second-order valence-electron chi connectivity index (χ2n) is 5.93. The fourth-order valence-corrected chi connectivity index (χ4v) is 3.71. The SMILES string of the molecule is CN(C(=O)c1cc2c(s1)CCCCC2)C(C)(C)CCl. The van der Waals surface area contributed by atoms with Gasteiger partial charge in [0.05, 0.1) is 10.4 Å². The first-order valence-corrected chi connectivity index (χ1v) is 8.26. The van der Waals surface area contributed by atoms with Crippen LogP contribution < -0.4 is 0 Å². The Labute approximate surface area is 124 Å². The van der Waals surface area contributed by atoms with E-state index >= 15 is 0 Å². The molecule has 106 valence electrons. The predicted molar refractivity (Wildman–Crippen MR) is 82.5 cm³/mol. The topological polar surface area (TPSA) is 20.3 Å². The van der Waals surface area contributed by atoms with Crippen molar-refractivity contribution < 1.29 is 4.79 Å². The first kappa shape index (κ1) is 14.9. The van der Waals surface area contributed by atoms with E-state index in [0.717, 1.165) is 17.7 Å². The van der Waals surface area contributed by atoms with Crippen molar-refractivity contribution in [3.05, 3.63) is 21.4 Å². The van der Waals surface area contributed by atoms with Crippen LogP contribution in [0.5, 0.6) is 0 Å². The lowest BCUT2D eigenvalue weighted by molar-refractivity contribution is 0.0665. The first-order chi connectivity index (χ1) is 8.95. The number of nitrogens with zero attached hydrogens (tertiary/aromatic N) is 1. The number of hydrogen-bond donors (Lipinski definition) is 0. The lowest BCUT2D eigenvalue weighted by Crippen LogP contribution is -2.46. The molecule has 1 heterocycles. The van der Waals surface area contributed by atoms with Crippen LogP contribution in [0.3, 0.4) is 0 Å². The zero-order valence-corrected chi connectivity index (χ0v) is 13.5. The summed E-state index contributed by atoms with van der Waals surface area (Å²) in [7, 11) is 1.84. The largest absolute Gasteiger partial charge is 0.335 e. The second-order valence-corrected chi connectivity index (χ2v) is 7.33. The standard InChI is InChI=1S/C15H22ClNOS/c1-15(2,10-16)17(3)14(18)13-9-11-7-5-4-6-8-12(11)19-13/h9H,4-8,10H2,1-3H3. The highest BCUT2D eigenvalue weighted by atomic mass is 35.5. The van der Waals surface area contributed by atoms with Crippen molar-refractivity contribution in [2.24, 2.45) is 0 Å². The number of thiophene rings is 1. The van der Waals surface area contributed by atoms with Crippen LogP contribution in [0.15, 0.2) is 6.07 Å². The minimum atomic E-state index is -0.306. The normalized spacial score (nSPS) is 15.8. The molecule has 2 nitrogen and oxygen atoms in total. The van der Waals surface area contributed by atoms with E-state index in [-0.39, 0.29) is 11.4 Å². The summed E-state index contributed by atoms with van der Waals surface area (Å²) < 4.78 is 0. The van der Waals surface area contributed by atoms with Gasteiger partial charge in [-0.05, 0) is 51.2 Å². The highest BCUT2D eigenvalue weighted by molar-refractivity contribution is 7.14. The molecule has 1 aromatic heterocycles. The third kappa shape index (κ3) is 3.14. The quantitative estimate of drug-likeness (QED) is 0.608. The van der Waals surface area contributed by atoms with Gasteiger partial charge in [-0.2, -0.15) is 0 Å². The van der Waals surface area contributed by atoms with Gasteiger partial charge in [-0.3, -0.25) is 4.79 Å². The van der Waals surface area contributed by atoms with Gasteiger partial charge in [0.1, 0.15) is 0 Å². The third-order valence-electron chi connectivity index (χ3n) is 4.00. The van der Waals surface area contributed by atoms with E-state index in [0.29, 0.717) is 5.88 Å². The molecule has 0 fully saturated rings. The van der Waals surface area contributed by atoms with Gasteiger partial charge >= 0.3 is 0 Å². The Morgan fingerprint density at radius 2 is 2.05 bits per heavy atom. The number of fused-ring (bicyclic) bond motifs is 1. The molecular weight excluding hydrogens is 278 g/mol. The van der Waals surface area contributed by atoms with Crippen LogP contribution in [0.1, 0.15) is 53.2 Å². The Morgan fingerprint density at radius 3 is 2.74 bits per heavy atom. The smallest absolute Gasteiger partial charge is 0.264 e. The van der Waals surface area contributed by atoms with E-state index in [2.05, 4.69) is 6.07 Å². The summed E-state index contributed by atoms with van der Waals surface area (Å²) in [6, 6.07) is 2.11. The molecule has 1 aromatic rings. The number of amides is 1. The lowest BCUT2D eigenvalue weighted by Gasteiger charge is -2.33. The van der Waals surface area contributed by atoms with E-state index < -0.39 is 0 Å². The highest BCUT2D eigenvalue weighted by Gasteiger charge is 2.29. The number of rotatable bonds is 3. The minimum absolute atomic E-state index is 0.101. The number of carbonyl (C=O) groups is 1. The third-order valence-corrected chi connectivity index (χ3v) is 5.88. The van der Waals surface area contributed by atoms with E-state index in [9.17, 15) is 4.79 Å². The van der Waals surface area contributed by atoms with Crippen LogP contribution in [-0.4, -0.2) is 29.3 Å². The van der Waals surface area contributed by atoms with Crippen LogP contribution in [0, 0.1) is 0 Å². The molecule has 19 heavy (non-hydrogen) atoms. The maximum atomic E-state index is 12.5. The fourth-order valence-electron chi connectivity index (χ4n) is 2.30. The molecule has 2 rings (SSSR count). The van der Waals surface area contributed by atoms with Crippen molar-refractivity contribution in [3.8, 4) is 0 Å². The minimum Gasteiger partial charge on any atom is -0.335 e. The van der Waals surface area contributed by atoms with Gasteiger partial charge in [-0.25, -0.2) is 0 Å². The summed E-state index contributed by atoms with van der Waals surface area (Å²) in [5.74, 6) is 0.545. The van der Waals surface area contributed by atoms with Crippen molar-refractivity contribution in [1.82, 2.24) is 4.90 Å². The van der Waals surface area contributed by atoms with Crippen LogP contribution in [0.25, 0.3) is 0 Å². The number of hydrogen-bond acceptors (Lipinski definition) is 2. The molecule has 1 aliphatic carbocycles. The van der Waals surface area contributed by atoms with E-state index in [1.807, 2.05) is 20.9 Å². The van der Waals surface area contributed by atoms with Gasteiger partial charge in [-0.15, -0.1) is 22.9 Å². The van der Waals surface area contributed by atoms with Gasteiger partial charge in [0.25, 0.3) is 5.91 Å². The Hall–Kier alpha value is -0.540. The first-order valence-electron chi connectivity index (χ1n) is 6.91. The predicted octanol–water partition coefficient (Wildman–Crippen LogP) is 4.11. The number of carbonyl (C=O) groups excluding carboxylic acids is 1. The molecular formula is C15H22ClNOS. The summed E-state index contributed by atoms with van der Waals surface area (Å²) >= 11 is 7.63. The van der Waals surface area contributed by atoms with Crippen molar-refractivity contribution in [1.29, 1.82) is 0 Å². The summed E-state index contributed by atoms with van der Waals surface area (Å²) in [6.45, 7) is 3.99. The van der Waals surface area contributed by atoms with Gasteiger partial charge in [0.15, 0.2) is 0 Å². The Bertz CT molecular complexity index is 443. The second kappa shape index (κ2) is 5.84. The van der Waals surface area contributed by atoms with E-state index in [1.165, 1.54) is 29.7 Å². The molecule has 0 unspecified atom stereocenters. The Kier molecular flexibility index (Phi) is 4.57. The van der Waals surface area contributed by atoms with Crippen molar-refractivity contribution in [2.75, 3.05) is 12.9 Å². The van der Waals surface area contributed by atoms with Crippen LogP contribution in [-0.2, 0) is 12.8 Å². The number of alkyl halides is 1. The average molecular weight is 300 g/mol. The van der Waals surface area contributed by atoms with Crippen molar-refractivity contribution >= 4 is 28.8 Å². The molecule has 1 amide bonds. The molecule has 0 N–H and O–H groups in total. The average Bonchev–Trinajstić information content (AvgIpc) is 2.68. The summed E-state index contributed by atoms with van der Waals surface area (Å²) in [6.07, 6.45) is 6.08. The van der Waals surface area contributed by atoms with Crippen LogP contribution >= 0.6 is 22.9 Å². The molecule has 4 heteroatoms. The highest BCUT2D eigenvalue weighted by Crippen LogP contribution is 2.30. The number of halogens is 1. The van der Waals surface area contributed by atoms with Gasteiger partial charge < -0.3 is 4.90 Å². The van der Waals surface area contributed by atoms with E-state index in [1.54, 1.807) is 16.2 Å².